The van der Waals surface area contributed by atoms with Crippen molar-refractivity contribution in [1.82, 2.24) is 14.9 Å². The van der Waals surface area contributed by atoms with E-state index in [9.17, 15) is 0 Å². The van der Waals surface area contributed by atoms with E-state index in [1.807, 2.05) is 18.3 Å². The Bertz CT molecular complexity index is 713. The first-order valence-electron chi connectivity index (χ1n) is 6.61. The molecule has 96 valence electrons. The van der Waals surface area contributed by atoms with Gasteiger partial charge in [0, 0.05) is 30.9 Å². The van der Waals surface area contributed by atoms with Gasteiger partial charge in [0.15, 0.2) is 0 Å². The Morgan fingerprint density at radius 3 is 3.37 bits per heavy atom. The molecular weight excluding hydrogens is 238 g/mol. The second kappa shape index (κ2) is 4.24. The van der Waals surface area contributed by atoms with Gasteiger partial charge in [-0.2, -0.15) is 0 Å². The molecule has 0 radical (unpaired) electrons. The van der Waals surface area contributed by atoms with Crippen LogP contribution in [-0.4, -0.2) is 9.55 Å². The molecule has 4 heteroatoms. The molecule has 3 heterocycles. The monoisotopic (exact) mass is 253 g/mol. The molecule has 1 aliphatic rings. The van der Waals surface area contributed by atoms with Gasteiger partial charge in [-0.25, -0.2) is 4.98 Å². The van der Waals surface area contributed by atoms with Crippen molar-refractivity contribution in [3.63, 3.8) is 0 Å². The minimum absolute atomic E-state index is 0.370. The van der Waals surface area contributed by atoms with Crippen molar-refractivity contribution in [1.29, 1.82) is 0 Å². The number of nitrogens with one attached hydrogen (secondary N) is 1. The Hall–Kier alpha value is -2.07. The van der Waals surface area contributed by atoms with Crippen LogP contribution in [0.5, 0.6) is 0 Å². The number of benzene rings is 1. The first kappa shape index (κ1) is 10.8. The Labute approximate surface area is 111 Å². The molecule has 1 unspecified atom stereocenters. The second-order valence-electron chi connectivity index (χ2n) is 4.99. The van der Waals surface area contributed by atoms with Crippen molar-refractivity contribution >= 4 is 11.0 Å². The number of nitrogens with zero attached hydrogens (tertiary/aromatic N) is 2. The summed E-state index contributed by atoms with van der Waals surface area (Å²) >= 11 is 0. The lowest BCUT2D eigenvalue weighted by molar-refractivity contribution is 0.520. The summed E-state index contributed by atoms with van der Waals surface area (Å²) in [4.78, 5) is 4.42. The van der Waals surface area contributed by atoms with E-state index in [2.05, 4.69) is 33.2 Å². The largest absolute Gasteiger partial charge is 0.464 e. The van der Waals surface area contributed by atoms with Crippen LogP contribution < -0.4 is 5.32 Å². The first-order chi connectivity index (χ1) is 9.40. The third-order valence-electron chi connectivity index (χ3n) is 3.79. The van der Waals surface area contributed by atoms with Gasteiger partial charge in [0.05, 0.1) is 12.3 Å². The number of furan rings is 1. The average molecular weight is 253 g/mol. The summed E-state index contributed by atoms with van der Waals surface area (Å²) in [6.07, 6.45) is 6.78. The number of hydrogen-bond acceptors (Lipinski definition) is 3. The van der Waals surface area contributed by atoms with Crippen LogP contribution in [0.1, 0.15) is 23.9 Å². The lowest BCUT2D eigenvalue weighted by Crippen LogP contribution is -2.19. The van der Waals surface area contributed by atoms with Gasteiger partial charge in [-0.15, -0.1) is 0 Å². The first-order valence-corrected chi connectivity index (χ1v) is 6.61. The molecule has 0 bridgehead atoms. The van der Waals surface area contributed by atoms with Crippen LogP contribution in [0.15, 0.2) is 47.3 Å². The number of imidazole rings is 1. The van der Waals surface area contributed by atoms with Gasteiger partial charge in [0.1, 0.15) is 11.4 Å². The fourth-order valence-corrected chi connectivity index (χ4v) is 2.78. The molecule has 1 atom stereocenters. The van der Waals surface area contributed by atoms with Gasteiger partial charge < -0.3 is 14.3 Å². The third-order valence-corrected chi connectivity index (χ3v) is 3.79. The molecule has 0 saturated carbocycles. The highest BCUT2D eigenvalue weighted by Gasteiger charge is 2.22. The molecular formula is C15H15N3O. The van der Waals surface area contributed by atoms with E-state index in [0.717, 1.165) is 36.3 Å². The molecule has 4 nitrogen and oxygen atoms in total. The van der Waals surface area contributed by atoms with E-state index in [1.54, 1.807) is 6.26 Å². The fraction of sp³-hybridized carbons (Fsp3) is 0.267. The summed E-state index contributed by atoms with van der Waals surface area (Å²) in [6, 6.07) is 8.69. The number of rotatable bonds is 3. The molecule has 0 saturated heterocycles. The molecule has 0 aliphatic carbocycles. The molecule has 1 N–H and O–H groups in total. The van der Waals surface area contributed by atoms with Crippen molar-refractivity contribution < 1.29 is 4.42 Å². The Morgan fingerprint density at radius 2 is 2.37 bits per heavy atom. The van der Waals surface area contributed by atoms with Crippen LogP contribution in [0.3, 0.4) is 0 Å². The van der Waals surface area contributed by atoms with E-state index in [-0.39, 0.29) is 0 Å². The topological polar surface area (TPSA) is 43.0 Å². The summed E-state index contributed by atoms with van der Waals surface area (Å²) in [7, 11) is 0. The van der Waals surface area contributed by atoms with Gasteiger partial charge in [0.25, 0.3) is 0 Å². The van der Waals surface area contributed by atoms with Crippen molar-refractivity contribution in [2.75, 3.05) is 0 Å². The zero-order valence-electron chi connectivity index (χ0n) is 10.5. The van der Waals surface area contributed by atoms with E-state index in [1.165, 1.54) is 5.56 Å². The minimum Gasteiger partial charge on any atom is -0.464 e. The fourth-order valence-electron chi connectivity index (χ4n) is 2.78. The second-order valence-corrected chi connectivity index (χ2v) is 4.99. The van der Waals surface area contributed by atoms with Crippen molar-refractivity contribution in [3.05, 3.63) is 54.3 Å². The Morgan fingerprint density at radius 1 is 1.37 bits per heavy atom. The highest BCUT2D eigenvalue weighted by Crippen LogP contribution is 2.24. The maximum atomic E-state index is 5.35. The smallest absolute Gasteiger partial charge is 0.133 e. The van der Waals surface area contributed by atoms with E-state index in [4.69, 9.17) is 4.42 Å². The quantitative estimate of drug-likeness (QED) is 0.780. The predicted octanol–water partition coefficient (Wildman–Crippen LogP) is 2.86. The Balaban J connectivity index is 1.50. The van der Waals surface area contributed by atoms with Gasteiger partial charge >= 0.3 is 0 Å². The number of hydrogen-bond donors (Lipinski definition) is 1. The SMILES string of the molecule is c1cn2c(n1)C(NCc1ccc3occc3c1)CC2. The zero-order valence-corrected chi connectivity index (χ0v) is 10.5. The number of fused-ring (bicyclic) bond motifs is 2. The summed E-state index contributed by atoms with van der Waals surface area (Å²) < 4.78 is 7.57. The highest BCUT2D eigenvalue weighted by molar-refractivity contribution is 5.77. The average Bonchev–Trinajstić information content (AvgIpc) is 3.12. The molecule has 0 spiro atoms. The molecule has 3 aromatic rings. The molecule has 1 aliphatic heterocycles. The molecule has 2 aromatic heterocycles. The van der Waals surface area contributed by atoms with E-state index < -0.39 is 0 Å². The molecule has 4 rings (SSSR count). The molecule has 19 heavy (non-hydrogen) atoms. The van der Waals surface area contributed by atoms with E-state index >= 15 is 0 Å². The highest BCUT2D eigenvalue weighted by atomic mass is 16.3. The van der Waals surface area contributed by atoms with Crippen LogP contribution in [0.4, 0.5) is 0 Å². The number of aryl methyl sites for hydroxylation is 1. The van der Waals surface area contributed by atoms with Gasteiger partial charge in [0.2, 0.25) is 0 Å². The molecule has 0 fully saturated rings. The van der Waals surface area contributed by atoms with Gasteiger partial charge in [-0.1, -0.05) is 6.07 Å². The third kappa shape index (κ3) is 1.85. The van der Waals surface area contributed by atoms with Crippen LogP contribution in [-0.2, 0) is 13.1 Å². The van der Waals surface area contributed by atoms with Crippen molar-refractivity contribution in [2.45, 2.75) is 25.6 Å². The maximum Gasteiger partial charge on any atom is 0.133 e. The van der Waals surface area contributed by atoms with Crippen LogP contribution in [0, 0.1) is 0 Å². The van der Waals surface area contributed by atoms with Crippen LogP contribution in [0.2, 0.25) is 0 Å². The summed E-state index contributed by atoms with van der Waals surface area (Å²) in [5.74, 6) is 1.16. The lowest BCUT2D eigenvalue weighted by atomic mass is 10.1. The normalized spacial score (nSPS) is 18.0. The minimum atomic E-state index is 0.370. The lowest BCUT2D eigenvalue weighted by Gasteiger charge is -2.11. The summed E-state index contributed by atoms with van der Waals surface area (Å²) in [5, 5.41) is 4.74. The Kier molecular flexibility index (Phi) is 2.42. The standard InChI is InChI=1S/C15H15N3O/c1-2-14-12(4-8-19-14)9-11(1)10-17-13-3-6-18-7-5-16-15(13)18/h1-2,4-5,7-9,13,17H,3,6,10H2. The molecule has 0 amide bonds. The van der Waals surface area contributed by atoms with Crippen molar-refractivity contribution in [2.24, 2.45) is 0 Å². The van der Waals surface area contributed by atoms with Crippen molar-refractivity contribution in [3.8, 4) is 0 Å². The van der Waals surface area contributed by atoms with E-state index in [0.29, 0.717) is 6.04 Å². The maximum absolute atomic E-state index is 5.35. The zero-order chi connectivity index (χ0) is 12.7. The molecule has 1 aromatic carbocycles. The van der Waals surface area contributed by atoms with Crippen LogP contribution >= 0.6 is 0 Å². The van der Waals surface area contributed by atoms with Gasteiger partial charge in [-0.3, -0.25) is 0 Å². The summed E-state index contributed by atoms with van der Waals surface area (Å²) in [6.45, 7) is 1.92. The predicted molar refractivity (Wildman–Crippen MR) is 72.6 cm³/mol. The van der Waals surface area contributed by atoms with Gasteiger partial charge in [-0.05, 0) is 30.2 Å². The number of aromatic nitrogens is 2. The van der Waals surface area contributed by atoms with Crippen LogP contribution in [0.25, 0.3) is 11.0 Å². The summed E-state index contributed by atoms with van der Waals surface area (Å²) in [5.41, 5.74) is 2.22.